The average molecular weight is 638 g/mol. The van der Waals surface area contributed by atoms with Crippen molar-refractivity contribution < 1.29 is 0 Å². The predicted octanol–water partition coefficient (Wildman–Crippen LogP) is 12.2. The van der Waals surface area contributed by atoms with Crippen molar-refractivity contribution in [2.75, 3.05) is 0 Å². The molecule has 0 saturated carbocycles. The number of fused-ring (bicyclic) bond motifs is 12. The summed E-state index contributed by atoms with van der Waals surface area (Å²) < 4.78 is 2.40. The van der Waals surface area contributed by atoms with Crippen LogP contribution >= 0.6 is 0 Å². The Bertz CT molecular complexity index is 3070. The van der Waals surface area contributed by atoms with E-state index in [2.05, 4.69) is 170 Å². The highest BCUT2D eigenvalue weighted by Crippen LogP contribution is 2.53. The zero-order valence-electron chi connectivity index (χ0n) is 27.8. The van der Waals surface area contributed by atoms with E-state index in [1.807, 2.05) is 0 Å². The van der Waals surface area contributed by atoms with Crippen molar-refractivity contribution >= 4 is 65.2 Å². The topological polar surface area (TPSA) is 30.7 Å². The van der Waals surface area contributed by atoms with Gasteiger partial charge in [-0.25, -0.2) is 9.97 Å². The van der Waals surface area contributed by atoms with E-state index in [1.54, 1.807) is 0 Å². The van der Waals surface area contributed by atoms with Gasteiger partial charge in [0.15, 0.2) is 5.82 Å². The zero-order valence-corrected chi connectivity index (χ0v) is 27.8. The lowest BCUT2D eigenvalue weighted by Gasteiger charge is -2.22. The van der Waals surface area contributed by atoms with Crippen LogP contribution in [0.1, 0.15) is 25.0 Å². The van der Waals surface area contributed by atoms with Crippen LogP contribution in [0.2, 0.25) is 0 Å². The molecule has 0 bridgehead atoms. The molecular formula is C47H31N3. The first-order valence-corrected chi connectivity index (χ1v) is 17.3. The summed E-state index contributed by atoms with van der Waals surface area (Å²) in [7, 11) is 0. The molecule has 2 aromatic heterocycles. The number of aromatic nitrogens is 3. The van der Waals surface area contributed by atoms with E-state index in [9.17, 15) is 0 Å². The van der Waals surface area contributed by atoms with Gasteiger partial charge in [0.25, 0.3) is 0 Å². The van der Waals surface area contributed by atoms with E-state index in [-0.39, 0.29) is 5.41 Å². The Hall–Kier alpha value is -6.32. The van der Waals surface area contributed by atoms with Crippen LogP contribution in [0.4, 0.5) is 0 Å². The van der Waals surface area contributed by atoms with Crippen molar-refractivity contribution in [3.8, 4) is 28.2 Å². The molecule has 11 rings (SSSR count). The Morgan fingerprint density at radius 3 is 1.98 bits per heavy atom. The highest BCUT2D eigenvalue weighted by atomic mass is 15.1. The van der Waals surface area contributed by atoms with E-state index in [4.69, 9.17) is 9.97 Å². The summed E-state index contributed by atoms with van der Waals surface area (Å²) >= 11 is 0. The smallest absolute Gasteiger partial charge is 0.165 e. The highest BCUT2D eigenvalue weighted by Gasteiger charge is 2.38. The SMILES string of the molecule is CC1(C)c2ccccc2-c2ccc3c(c21)c1cc2ccccc2cc1n3-c1nc2ccc3ccccc3c2nc1-c1cccc2ccccc12. The van der Waals surface area contributed by atoms with Crippen molar-refractivity contribution in [3.05, 3.63) is 163 Å². The fourth-order valence-corrected chi connectivity index (χ4v) is 8.84. The Balaban J connectivity index is 1.35. The molecule has 2 heterocycles. The maximum Gasteiger partial charge on any atom is 0.165 e. The van der Waals surface area contributed by atoms with Gasteiger partial charge >= 0.3 is 0 Å². The van der Waals surface area contributed by atoms with Gasteiger partial charge in [0.05, 0.1) is 22.1 Å². The third-order valence-corrected chi connectivity index (χ3v) is 11.1. The number of hydrogen-bond donors (Lipinski definition) is 0. The number of hydrogen-bond acceptors (Lipinski definition) is 2. The van der Waals surface area contributed by atoms with Gasteiger partial charge in [-0.3, -0.25) is 4.57 Å². The van der Waals surface area contributed by atoms with Crippen LogP contribution in [0.25, 0.3) is 93.4 Å². The second kappa shape index (κ2) is 9.87. The summed E-state index contributed by atoms with van der Waals surface area (Å²) in [6.45, 7) is 4.76. The van der Waals surface area contributed by atoms with Gasteiger partial charge in [-0.1, -0.05) is 141 Å². The first-order valence-electron chi connectivity index (χ1n) is 17.3. The largest absolute Gasteiger partial charge is 0.292 e. The van der Waals surface area contributed by atoms with Crippen LogP contribution in [0.3, 0.4) is 0 Å². The lowest BCUT2D eigenvalue weighted by atomic mass is 9.80. The fourth-order valence-electron chi connectivity index (χ4n) is 8.84. The molecule has 0 unspecified atom stereocenters. The molecule has 0 N–H and O–H groups in total. The molecular weight excluding hydrogens is 607 g/mol. The van der Waals surface area contributed by atoms with Gasteiger partial charge in [0, 0.05) is 27.1 Å². The van der Waals surface area contributed by atoms with E-state index in [1.165, 1.54) is 49.2 Å². The highest BCUT2D eigenvalue weighted by molar-refractivity contribution is 6.18. The Kier molecular flexibility index (Phi) is 5.45. The average Bonchev–Trinajstić information content (AvgIpc) is 3.60. The maximum absolute atomic E-state index is 5.61. The molecule has 0 saturated heterocycles. The molecule has 0 radical (unpaired) electrons. The molecule has 234 valence electrons. The summed E-state index contributed by atoms with van der Waals surface area (Å²) in [5.74, 6) is 0.840. The summed E-state index contributed by atoms with van der Waals surface area (Å²) in [5, 5.41) is 9.57. The summed E-state index contributed by atoms with van der Waals surface area (Å²) in [4.78, 5) is 11.2. The third kappa shape index (κ3) is 3.64. The molecule has 1 aliphatic rings. The summed E-state index contributed by atoms with van der Waals surface area (Å²) in [5.41, 5.74) is 11.2. The van der Waals surface area contributed by atoms with E-state index in [0.29, 0.717) is 0 Å². The second-order valence-corrected chi connectivity index (χ2v) is 14.2. The minimum absolute atomic E-state index is 0.178. The minimum Gasteiger partial charge on any atom is -0.292 e. The Morgan fingerprint density at radius 1 is 0.480 bits per heavy atom. The van der Waals surface area contributed by atoms with Crippen molar-refractivity contribution in [2.24, 2.45) is 0 Å². The van der Waals surface area contributed by atoms with Gasteiger partial charge in [0.1, 0.15) is 5.69 Å². The molecule has 0 fully saturated rings. The van der Waals surface area contributed by atoms with Crippen LogP contribution in [0, 0.1) is 0 Å². The van der Waals surface area contributed by atoms with Crippen molar-refractivity contribution in [1.82, 2.24) is 14.5 Å². The Labute approximate surface area is 289 Å². The van der Waals surface area contributed by atoms with Gasteiger partial charge in [-0.2, -0.15) is 0 Å². The molecule has 10 aromatic rings. The number of nitrogens with zero attached hydrogens (tertiary/aromatic N) is 3. The zero-order chi connectivity index (χ0) is 33.1. The fraction of sp³-hybridized carbons (Fsp3) is 0.0638. The van der Waals surface area contributed by atoms with Gasteiger partial charge in [0.2, 0.25) is 0 Å². The van der Waals surface area contributed by atoms with Gasteiger partial charge in [-0.15, -0.1) is 0 Å². The second-order valence-electron chi connectivity index (χ2n) is 14.2. The standard InChI is InChI=1S/C47H31N3/c1-47(2)38-21-10-9-19-34(38)35-23-25-40-42(43(35)47)37-26-30-14-3-4-15-31(30)27-41(37)50(40)46-45(36-20-11-16-28-12-5-7-17-32(28)36)49-44-33-18-8-6-13-29(33)22-24-39(44)48-46/h3-27H,1-2H3. The third-order valence-electron chi connectivity index (χ3n) is 11.1. The van der Waals surface area contributed by atoms with Gasteiger partial charge in [-0.05, 0) is 73.5 Å². The van der Waals surface area contributed by atoms with E-state index in [0.717, 1.165) is 55.3 Å². The molecule has 0 atom stereocenters. The normalized spacial score (nSPS) is 13.6. The van der Waals surface area contributed by atoms with Crippen molar-refractivity contribution in [2.45, 2.75) is 19.3 Å². The van der Waals surface area contributed by atoms with E-state index >= 15 is 0 Å². The molecule has 8 aromatic carbocycles. The Morgan fingerprint density at radius 2 is 1.14 bits per heavy atom. The van der Waals surface area contributed by atoms with Crippen molar-refractivity contribution in [3.63, 3.8) is 0 Å². The maximum atomic E-state index is 5.61. The summed E-state index contributed by atoms with van der Waals surface area (Å²) in [6.07, 6.45) is 0. The molecule has 1 aliphatic carbocycles. The van der Waals surface area contributed by atoms with Crippen molar-refractivity contribution in [1.29, 1.82) is 0 Å². The van der Waals surface area contributed by atoms with Crippen LogP contribution in [-0.4, -0.2) is 14.5 Å². The van der Waals surface area contributed by atoms with Crippen LogP contribution in [0.5, 0.6) is 0 Å². The molecule has 0 spiro atoms. The van der Waals surface area contributed by atoms with Crippen LogP contribution < -0.4 is 0 Å². The van der Waals surface area contributed by atoms with Gasteiger partial charge < -0.3 is 0 Å². The minimum atomic E-state index is -0.178. The van der Waals surface area contributed by atoms with E-state index < -0.39 is 0 Å². The molecule has 3 nitrogen and oxygen atoms in total. The first kappa shape index (κ1) is 27.6. The quantitative estimate of drug-likeness (QED) is 0.177. The van der Waals surface area contributed by atoms with Crippen LogP contribution in [-0.2, 0) is 5.41 Å². The lowest BCUT2D eigenvalue weighted by Crippen LogP contribution is -2.15. The monoisotopic (exact) mass is 637 g/mol. The molecule has 50 heavy (non-hydrogen) atoms. The lowest BCUT2D eigenvalue weighted by molar-refractivity contribution is 0.666. The summed E-state index contributed by atoms with van der Waals surface area (Å²) in [6, 6.07) is 54.9. The number of rotatable bonds is 2. The number of benzene rings is 8. The first-order chi connectivity index (χ1) is 24.6. The predicted molar refractivity (Wildman–Crippen MR) is 209 cm³/mol. The molecule has 3 heteroatoms. The molecule has 0 aliphatic heterocycles. The van der Waals surface area contributed by atoms with Crippen LogP contribution in [0.15, 0.2) is 152 Å². The molecule has 0 amide bonds.